The van der Waals surface area contributed by atoms with E-state index in [2.05, 4.69) is 23.0 Å². The smallest absolute Gasteiger partial charge is 0.226 e. The van der Waals surface area contributed by atoms with Crippen molar-refractivity contribution in [3.8, 4) is 11.6 Å². The molecule has 0 unspecified atom stereocenters. The van der Waals surface area contributed by atoms with Crippen molar-refractivity contribution < 1.29 is 4.74 Å². The minimum atomic E-state index is 0.175. The maximum Gasteiger partial charge on any atom is 0.226 e. The number of halogens is 1. The van der Waals surface area contributed by atoms with Gasteiger partial charge in [0.25, 0.3) is 0 Å². The first kappa shape index (κ1) is 17.5. The number of ether oxygens (including phenoxy) is 1. The van der Waals surface area contributed by atoms with Crippen LogP contribution in [0, 0.1) is 0 Å². The van der Waals surface area contributed by atoms with Crippen molar-refractivity contribution in [3.63, 3.8) is 0 Å². The normalized spacial score (nSPS) is 16.1. The SMILES string of the molecule is CN1CCC(Oc2c3cnc4ccccc4c3nn2-c2ccc(Cl)cc2)CC1. The van der Waals surface area contributed by atoms with Gasteiger partial charge in [0.2, 0.25) is 5.88 Å². The van der Waals surface area contributed by atoms with Crippen LogP contribution in [0.25, 0.3) is 27.5 Å². The summed E-state index contributed by atoms with van der Waals surface area (Å²) in [6.45, 7) is 2.08. The molecule has 6 heteroatoms. The van der Waals surface area contributed by atoms with Gasteiger partial charge in [0, 0.05) is 29.7 Å². The highest BCUT2D eigenvalue weighted by atomic mass is 35.5. The van der Waals surface area contributed by atoms with Crippen LogP contribution in [0.3, 0.4) is 0 Å². The third-order valence-electron chi connectivity index (χ3n) is 5.38. The molecule has 5 nitrogen and oxygen atoms in total. The van der Waals surface area contributed by atoms with Gasteiger partial charge in [-0.2, -0.15) is 9.78 Å². The number of piperidine rings is 1. The summed E-state index contributed by atoms with van der Waals surface area (Å²) in [5.41, 5.74) is 2.76. The van der Waals surface area contributed by atoms with E-state index in [9.17, 15) is 0 Å². The van der Waals surface area contributed by atoms with E-state index in [0.29, 0.717) is 5.02 Å². The van der Waals surface area contributed by atoms with Crippen LogP contribution >= 0.6 is 11.6 Å². The van der Waals surface area contributed by atoms with Gasteiger partial charge in [0.15, 0.2) is 0 Å². The Balaban J connectivity index is 1.67. The minimum Gasteiger partial charge on any atom is -0.474 e. The second-order valence-corrected chi connectivity index (χ2v) is 7.79. The van der Waals surface area contributed by atoms with E-state index < -0.39 is 0 Å². The van der Waals surface area contributed by atoms with E-state index >= 15 is 0 Å². The van der Waals surface area contributed by atoms with E-state index in [1.54, 1.807) is 0 Å². The molecule has 0 saturated carbocycles. The standard InChI is InChI=1S/C22H21ClN4O/c1-26-12-10-17(11-13-26)28-22-19-14-24-20-5-3-2-4-18(20)21(19)25-27(22)16-8-6-15(23)7-9-16/h2-9,14,17H,10-13H2,1H3. The number of fused-ring (bicyclic) bond motifs is 3. The molecule has 0 radical (unpaired) electrons. The van der Waals surface area contributed by atoms with Crippen LogP contribution in [0.15, 0.2) is 54.7 Å². The zero-order valence-corrected chi connectivity index (χ0v) is 16.4. The van der Waals surface area contributed by atoms with E-state index in [4.69, 9.17) is 21.4 Å². The highest BCUT2D eigenvalue weighted by Gasteiger charge is 2.23. The molecule has 0 amide bonds. The fourth-order valence-corrected chi connectivity index (χ4v) is 3.91. The van der Waals surface area contributed by atoms with Gasteiger partial charge in [0.05, 0.1) is 16.6 Å². The molecule has 5 rings (SSSR count). The lowest BCUT2D eigenvalue weighted by Crippen LogP contribution is -2.36. The molecule has 2 aromatic carbocycles. The average molecular weight is 393 g/mol. The summed E-state index contributed by atoms with van der Waals surface area (Å²) in [6.07, 6.45) is 4.06. The Morgan fingerprint density at radius 1 is 1.00 bits per heavy atom. The molecule has 1 aliphatic heterocycles. The summed E-state index contributed by atoms with van der Waals surface area (Å²) in [4.78, 5) is 6.97. The summed E-state index contributed by atoms with van der Waals surface area (Å²) in [5, 5.41) is 7.58. The number of pyridine rings is 1. The molecule has 142 valence electrons. The number of benzene rings is 2. The second-order valence-electron chi connectivity index (χ2n) is 7.35. The number of nitrogens with zero attached hydrogens (tertiary/aromatic N) is 4. The lowest BCUT2D eigenvalue weighted by molar-refractivity contribution is 0.108. The molecule has 0 spiro atoms. The highest BCUT2D eigenvalue weighted by Crippen LogP contribution is 2.34. The van der Waals surface area contributed by atoms with E-state index in [1.165, 1.54) is 0 Å². The summed E-state index contributed by atoms with van der Waals surface area (Å²) in [7, 11) is 2.15. The molecule has 0 aliphatic carbocycles. The Bertz CT molecular complexity index is 1130. The van der Waals surface area contributed by atoms with Gasteiger partial charge in [0.1, 0.15) is 11.6 Å². The maximum atomic E-state index is 6.52. The number of rotatable bonds is 3. The van der Waals surface area contributed by atoms with E-state index in [-0.39, 0.29) is 6.10 Å². The molecule has 4 aromatic rings. The number of likely N-dealkylation sites (tertiary alicyclic amines) is 1. The van der Waals surface area contributed by atoms with Crippen LogP contribution in [0.5, 0.6) is 5.88 Å². The molecular formula is C22H21ClN4O. The third kappa shape index (κ3) is 3.11. The van der Waals surface area contributed by atoms with Crippen molar-refractivity contribution >= 4 is 33.4 Å². The fraction of sp³-hybridized carbons (Fsp3) is 0.273. The third-order valence-corrected chi connectivity index (χ3v) is 5.64. The van der Waals surface area contributed by atoms with Gasteiger partial charge in [-0.15, -0.1) is 0 Å². The van der Waals surface area contributed by atoms with E-state index in [1.807, 2.05) is 53.3 Å². The number of hydrogen-bond acceptors (Lipinski definition) is 4. The zero-order valence-electron chi connectivity index (χ0n) is 15.7. The molecule has 0 atom stereocenters. The average Bonchev–Trinajstić information content (AvgIpc) is 3.09. The maximum absolute atomic E-state index is 6.52. The predicted molar refractivity (Wildman–Crippen MR) is 113 cm³/mol. The first-order valence-corrected chi connectivity index (χ1v) is 9.94. The van der Waals surface area contributed by atoms with Crippen LogP contribution < -0.4 is 4.74 Å². The summed E-state index contributed by atoms with van der Waals surface area (Å²) < 4.78 is 8.40. The van der Waals surface area contributed by atoms with Gasteiger partial charge in [-0.05, 0) is 50.2 Å². The Kier molecular flexibility index (Phi) is 4.41. The molecule has 28 heavy (non-hydrogen) atoms. The predicted octanol–water partition coefficient (Wildman–Crippen LogP) is 4.70. The van der Waals surface area contributed by atoms with Crippen molar-refractivity contribution in [2.24, 2.45) is 0 Å². The summed E-state index contributed by atoms with van der Waals surface area (Å²) in [5.74, 6) is 0.755. The van der Waals surface area contributed by atoms with Crippen LogP contribution in [0.1, 0.15) is 12.8 Å². The highest BCUT2D eigenvalue weighted by molar-refractivity contribution is 6.30. The first-order chi connectivity index (χ1) is 13.7. The van der Waals surface area contributed by atoms with E-state index in [0.717, 1.165) is 59.3 Å². The lowest BCUT2D eigenvalue weighted by atomic mass is 10.1. The second kappa shape index (κ2) is 7.08. The molecule has 1 aliphatic rings. The molecule has 3 heterocycles. The van der Waals surface area contributed by atoms with Crippen LogP contribution in [0.4, 0.5) is 0 Å². The Morgan fingerprint density at radius 3 is 2.54 bits per heavy atom. The Hall–Kier alpha value is -2.63. The van der Waals surface area contributed by atoms with Crippen molar-refractivity contribution in [1.29, 1.82) is 0 Å². The number of para-hydroxylation sites is 1. The number of hydrogen-bond donors (Lipinski definition) is 0. The molecular weight excluding hydrogens is 372 g/mol. The summed E-state index contributed by atoms with van der Waals surface area (Å²) >= 11 is 6.09. The van der Waals surface area contributed by atoms with Gasteiger partial charge < -0.3 is 9.64 Å². The quantitative estimate of drug-likeness (QED) is 0.507. The van der Waals surface area contributed by atoms with Gasteiger partial charge >= 0.3 is 0 Å². The Morgan fingerprint density at radius 2 is 1.75 bits per heavy atom. The molecule has 0 bridgehead atoms. The van der Waals surface area contributed by atoms with Crippen LogP contribution in [0.2, 0.25) is 5.02 Å². The van der Waals surface area contributed by atoms with Crippen LogP contribution in [-0.2, 0) is 0 Å². The fourth-order valence-electron chi connectivity index (χ4n) is 3.78. The van der Waals surface area contributed by atoms with Gasteiger partial charge in [-0.1, -0.05) is 29.8 Å². The van der Waals surface area contributed by atoms with Crippen LogP contribution in [-0.4, -0.2) is 45.9 Å². The molecule has 2 aromatic heterocycles. The van der Waals surface area contributed by atoms with Crippen molar-refractivity contribution in [3.05, 3.63) is 59.8 Å². The molecule has 1 saturated heterocycles. The zero-order chi connectivity index (χ0) is 19.1. The van der Waals surface area contributed by atoms with Crippen molar-refractivity contribution in [1.82, 2.24) is 19.7 Å². The van der Waals surface area contributed by atoms with Crippen molar-refractivity contribution in [2.75, 3.05) is 20.1 Å². The Labute approximate surface area is 168 Å². The topological polar surface area (TPSA) is 43.2 Å². The van der Waals surface area contributed by atoms with Gasteiger partial charge in [-0.3, -0.25) is 4.98 Å². The minimum absolute atomic E-state index is 0.175. The largest absolute Gasteiger partial charge is 0.474 e. The summed E-state index contributed by atoms with van der Waals surface area (Å²) in [6, 6.07) is 15.8. The van der Waals surface area contributed by atoms with Gasteiger partial charge in [-0.25, -0.2) is 0 Å². The lowest BCUT2D eigenvalue weighted by Gasteiger charge is -2.29. The monoisotopic (exact) mass is 392 g/mol. The molecule has 1 fully saturated rings. The first-order valence-electron chi connectivity index (χ1n) is 9.56. The molecule has 0 N–H and O–H groups in total. The number of aromatic nitrogens is 3. The van der Waals surface area contributed by atoms with Crippen molar-refractivity contribution in [2.45, 2.75) is 18.9 Å².